The molecule has 1 aliphatic heterocycles. The van der Waals surface area contributed by atoms with Crippen LogP contribution in [0.5, 0.6) is 5.75 Å². The van der Waals surface area contributed by atoms with Gasteiger partial charge in [0.25, 0.3) is 0 Å². The molecule has 1 heterocycles. The van der Waals surface area contributed by atoms with Gasteiger partial charge in [0.05, 0.1) is 26.4 Å². The van der Waals surface area contributed by atoms with Crippen molar-refractivity contribution >= 4 is 11.9 Å². The van der Waals surface area contributed by atoms with Gasteiger partial charge in [0.2, 0.25) is 5.91 Å². The van der Waals surface area contributed by atoms with E-state index in [1.807, 2.05) is 60.7 Å². The molecule has 0 aliphatic carbocycles. The highest BCUT2D eigenvalue weighted by Gasteiger charge is 2.47. The van der Waals surface area contributed by atoms with E-state index in [9.17, 15) is 15.0 Å². The van der Waals surface area contributed by atoms with Crippen molar-refractivity contribution in [3.05, 3.63) is 90.0 Å². The summed E-state index contributed by atoms with van der Waals surface area (Å²) in [7, 11) is 1.45. The summed E-state index contributed by atoms with van der Waals surface area (Å²) in [5.41, 5.74) is 14.6. The normalized spacial score (nSPS) is 21.9. The fourth-order valence-corrected chi connectivity index (χ4v) is 4.72. The summed E-state index contributed by atoms with van der Waals surface area (Å²) in [5, 5.41) is 23.7. The van der Waals surface area contributed by atoms with Gasteiger partial charge in [-0.15, -0.1) is 0 Å². The van der Waals surface area contributed by atoms with E-state index >= 15 is 0 Å². The van der Waals surface area contributed by atoms with E-state index in [4.69, 9.17) is 30.4 Å². The molecular weight excluding hydrogens is 540 g/mol. The van der Waals surface area contributed by atoms with Crippen molar-refractivity contribution < 1.29 is 34.0 Å². The van der Waals surface area contributed by atoms with Crippen LogP contribution < -0.4 is 16.8 Å². The van der Waals surface area contributed by atoms with Crippen molar-refractivity contribution in [2.24, 2.45) is 16.5 Å². The molecule has 4 rings (SSSR count). The first-order valence-electron chi connectivity index (χ1n) is 13.7. The molecule has 11 heteroatoms. The number of phenolic OH excluding ortho intramolecular Hbond substituents is 1. The van der Waals surface area contributed by atoms with Crippen LogP contribution >= 0.6 is 0 Å². The fraction of sp³-hybridized carbons (Fsp3) is 0.355. The Morgan fingerprint density at radius 1 is 0.976 bits per heavy atom. The number of carbonyl (C=O) groups is 1. The molecule has 0 aromatic heterocycles. The van der Waals surface area contributed by atoms with Gasteiger partial charge in [-0.05, 0) is 34.4 Å². The maximum atomic E-state index is 12.7. The third-order valence-electron chi connectivity index (χ3n) is 6.84. The molecule has 0 bridgehead atoms. The number of carbonyl (C=O) groups excluding carboxylic acids is 1. The van der Waals surface area contributed by atoms with E-state index in [0.29, 0.717) is 0 Å². The lowest BCUT2D eigenvalue weighted by Gasteiger charge is -2.44. The third kappa shape index (κ3) is 8.75. The smallest absolute Gasteiger partial charge is 0.222 e. The fourth-order valence-electron chi connectivity index (χ4n) is 4.72. The largest absolute Gasteiger partial charge is 0.508 e. The maximum absolute atomic E-state index is 12.7. The summed E-state index contributed by atoms with van der Waals surface area (Å²) < 4.78 is 23.8. The lowest BCUT2D eigenvalue weighted by atomic mass is 9.96. The first-order valence-corrected chi connectivity index (χ1v) is 13.7. The molecule has 7 N–H and O–H groups in total. The van der Waals surface area contributed by atoms with Crippen LogP contribution in [-0.2, 0) is 37.0 Å². The molecule has 42 heavy (non-hydrogen) atoms. The van der Waals surface area contributed by atoms with Gasteiger partial charge in [0, 0.05) is 13.5 Å². The van der Waals surface area contributed by atoms with E-state index in [0.717, 1.165) is 22.3 Å². The van der Waals surface area contributed by atoms with Gasteiger partial charge in [-0.2, -0.15) is 0 Å². The molecule has 3 aromatic rings. The number of aliphatic hydroxyl groups excluding tert-OH is 1. The first kappa shape index (κ1) is 30.9. The number of benzene rings is 3. The number of phenols is 1. The van der Waals surface area contributed by atoms with Crippen molar-refractivity contribution in [3.8, 4) is 16.9 Å². The van der Waals surface area contributed by atoms with Gasteiger partial charge in [-0.1, -0.05) is 66.7 Å². The second-order valence-electron chi connectivity index (χ2n) is 9.94. The number of nitrogens with zero attached hydrogens (tertiary/aromatic N) is 1. The van der Waals surface area contributed by atoms with Gasteiger partial charge in [0.1, 0.15) is 30.1 Å². The van der Waals surface area contributed by atoms with Crippen LogP contribution in [0.3, 0.4) is 0 Å². The van der Waals surface area contributed by atoms with Crippen molar-refractivity contribution in [2.45, 2.75) is 50.3 Å². The van der Waals surface area contributed by atoms with Crippen LogP contribution in [0.15, 0.2) is 83.9 Å². The molecule has 0 spiro atoms. The van der Waals surface area contributed by atoms with E-state index in [2.05, 4.69) is 10.3 Å². The number of guanidine groups is 1. The van der Waals surface area contributed by atoms with E-state index < -0.39 is 30.6 Å². The number of methoxy groups -OCH3 is 1. The minimum atomic E-state index is -1.13. The van der Waals surface area contributed by atoms with Crippen molar-refractivity contribution in [3.63, 3.8) is 0 Å². The van der Waals surface area contributed by atoms with Gasteiger partial charge in [-0.25, -0.2) is 0 Å². The Bertz CT molecular complexity index is 1300. The summed E-state index contributed by atoms with van der Waals surface area (Å²) in [6, 6.07) is 23.9. The minimum absolute atomic E-state index is 0.0189. The molecule has 1 saturated heterocycles. The summed E-state index contributed by atoms with van der Waals surface area (Å²) >= 11 is 0. The zero-order chi connectivity index (χ0) is 29.9. The Morgan fingerprint density at radius 2 is 1.71 bits per heavy atom. The highest BCUT2D eigenvalue weighted by molar-refractivity contribution is 5.78. The Balaban J connectivity index is 1.45. The van der Waals surface area contributed by atoms with Crippen molar-refractivity contribution in [2.75, 3.05) is 20.3 Å². The molecule has 5 atom stereocenters. The Morgan fingerprint density at radius 3 is 2.40 bits per heavy atom. The molecule has 0 saturated carbocycles. The summed E-state index contributed by atoms with van der Waals surface area (Å²) in [6.07, 6.45) is -3.75. The molecule has 3 aromatic carbocycles. The number of amides is 1. The molecule has 11 nitrogen and oxygen atoms in total. The molecule has 1 unspecified atom stereocenters. The lowest BCUT2D eigenvalue weighted by molar-refractivity contribution is -0.279. The van der Waals surface area contributed by atoms with Crippen LogP contribution in [0, 0.1) is 0 Å². The zero-order valence-electron chi connectivity index (χ0n) is 23.5. The third-order valence-corrected chi connectivity index (χ3v) is 6.84. The average molecular weight is 579 g/mol. The maximum Gasteiger partial charge on any atom is 0.222 e. The Labute approximate surface area is 245 Å². The second kappa shape index (κ2) is 15.3. The monoisotopic (exact) mass is 578 g/mol. The summed E-state index contributed by atoms with van der Waals surface area (Å²) in [6.45, 7) is 0.507. The topological polar surface area (TPSA) is 171 Å². The number of nitrogens with one attached hydrogen (secondary N) is 1. The minimum Gasteiger partial charge on any atom is -0.508 e. The van der Waals surface area contributed by atoms with Crippen molar-refractivity contribution in [1.29, 1.82) is 0 Å². The van der Waals surface area contributed by atoms with E-state index in [1.54, 1.807) is 18.2 Å². The van der Waals surface area contributed by atoms with Crippen molar-refractivity contribution in [1.82, 2.24) is 5.32 Å². The number of ether oxygens (including phenoxy) is 4. The number of aliphatic imine (C=N–C) groups is 1. The highest BCUT2D eigenvalue weighted by Crippen LogP contribution is 2.27. The number of hydrogen-bond donors (Lipinski definition) is 5. The summed E-state index contributed by atoms with van der Waals surface area (Å²) in [4.78, 5) is 16.6. The highest BCUT2D eigenvalue weighted by atomic mass is 16.7. The summed E-state index contributed by atoms with van der Waals surface area (Å²) in [5.74, 6) is -0.336. The number of aliphatic hydroxyl groups is 1. The predicted octanol–water partition coefficient (Wildman–Crippen LogP) is 2.04. The lowest BCUT2D eigenvalue weighted by Crippen LogP contribution is -2.65. The second-order valence-corrected chi connectivity index (χ2v) is 9.94. The molecule has 1 fully saturated rings. The van der Waals surface area contributed by atoms with E-state index in [1.165, 1.54) is 7.11 Å². The quantitative estimate of drug-likeness (QED) is 0.150. The molecule has 0 radical (unpaired) electrons. The zero-order valence-corrected chi connectivity index (χ0v) is 23.5. The standard InChI is InChI=1S/C31H38N4O7/c1-39-29-27(35-26(37)14-15-34-31(32)33)30(41-18-20-10-12-23(13-11-20)22-7-3-2-4-8-22)42-25(28(29)38)19-40-17-21-6-5-9-24(36)16-21/h2-13,16,25,27-30,36,38H,14-15,17-19H2,1H3,(H,35,37)(H4,32,33,34)/t25-,27-,28-,29-,30?/m1/s1. The van der Waals surface area contributed by atoms with E-state index in [-0.39, 0.29) is 50.4 Å². The van der Waals surface area contributed by atoms with Gasteiger partial charge < -0.3 is 45.9 Å². The first-order chi connectivity index (χ1) is 20.3. The number of hydrogen-bond acceptors (Lipinski definition) is 8. The van der Waals surface area contributed by atoms with Gasteiger partial charge in [-0.3, -0.25) is 9.79 Å². The molecular formula is C31H38N4O7. The van der Waals surface area contributed by atoms with Crippen LogP contribution in [0.2, 0.25) is 0 Å². The molecule has 1 aliphatic rings. The SMILES string of the molecule is CO[C@H]1[C@H](O)[C@@H](COCc2cccc(O)c2)OC(OCc2ccc(-c3ccccc3)cc2)[C@@H]1NC(=O)CCN=C(N)N. The Kier molecular flexibility index (Phi) is 11.3. The number of aromatic hydroxyl groups is 1. The van der Waals surface area contributed by atoms with Crippen LogP contribution in [0.1, 0.15) is 17.5 Å². The molecule has 1 amide bonds. The van der Waals surface area contributed by atoms with Gasteiger partial charge in [0.15, 0.2) is 12.2 Å². The van der Waals surface area contributed by atoms with Crippen LogP contribution in [-0.4, -0.2) is 73.0 Å². The van der Waals surface area contributed by atoms with Gasteiger partial charge >= 0.3 is 0 Å². The number of nitrogens with two attached hydrogens (primary N) is 2. The predicted molar refractivity (Wildman–Crippen MR) is 157 cm³/mol. The molecule has 224 valence electrons. The van der Waals surface area contributed by atoms with Crippen LogP contribution in [0.25, 0.3) is 11.1 Å². The number of rotatable bonds is 13. The Hall–Kier alpha value is -4.00. The van der Waals surface area contributed by atoms with Crippen LogP contribution in [0.4, 0.5) is 0 Å². The average Bonchev–Trinajstić information content (AvgIpc) is 2.98.